The summed E-state index contributed by atoms with van der Waals surface area (Å²) in [6.45, 7) is 0.144. The second kappa shape index (κ2) is 6.27. The van der Waals surface area contributed by atoms with Gasteiger partial charge < -0.3 is 23.8 Å². The Labute approximate surface area is 139 Å². The van der Waals surface area contributed by atoms with Crippen LogP contribution < -0.4 is 9.47 Å². The summed E-state index contributed by atoms with van der Waals surface area (Å²) in [5.41, 5.74) is 1.38. The number of fused-ring (bicyclic) bond motifs is 1. The largest absolute Gasteiger partial charge is 0.466 e. The fourth-order valence-electron chi connectivity index (χ4n) is 2.82. The van der Waals surface area contributed by atoms with Gasteiger partial charge in [-0.3, -0.25) is 0 Å². The molecule has 1 aromatic carbocycles. The highest BCUT2D eigenvalue weighted by atomic mass is 16.7. The smallest absolute Gasteiger partial charge is 0.336 e. The van der Waals surface area contributed by atoms with E-state index >= 15 is 0 Å². The number of benzene rings is 1. The third-order valence-corrected chi connectivity index (χ3v) is 3.88. The lowest BCUT2D eigenvalue weighted by Crippen LogP contribution is -2.27. The molecule has 0 atom stereocenters. The van der Waals surface area contributed by atoms with E-state index in [1.807, 2.05) is 0 Å². The van der Waals surface area contributed by atoms with Crippen LogP contribution in [0.25, 0.3) is 0 Å². The molecule has 24 heavy (non-hydrogen) atoms. The van der Waals surface area contributed by atoms with Crippen LogP contribution in [0.1, 0.15) is 11.5 Å². The molecular formula is C17H17NO6. The van der Waals surface area contributed by atoms with E-state index in [0.717, 1.165) is 0 Å². The van der Waals surface area contributed by atoms with Crippen LogP contribution in [0.4, 0.5) is 0 Å². The molecular weight excluding hydrogens is 314 g/mol. The first kappa shape index (κ1) is 15.9. The standard InChI is InChI=1S/C17H17NO6/c1-18-7-11(16(19)21-2)15(12(8-18)17(20)22-3)10-4-5-13-14(6-10)24-9-23-13/h4-8,15H,9H2,1-3H3. The number of rotatable bonds is 3. The minimum atomic E-state index is -0.615. The molecule has 2 heterocycles. The summed E-state index contributed by atoms with van der Waals surface area (Å²) >= 11 is 0. The zero-order chi connectivity index (χ0) is 17.3. The predicted molar refractivity (Wildman–Crippen MR) is 83.3 cm³/mol. The van der Waals surface area contributed by atoms with E-state index in [2.05, 4.69) is 0 Å². The molecule has 0 aromatic heterocycles. The van der Waals surface area contributed by atoms with Gasteiger partial charge in [0.15, 0.2) is 11.5 Å². The SMILES string of the molecule is COC(=O)C1=CN(C)C=C(C(=O)OC)C1c1ccc2c(c1)OCO2. The van der Waals surface area contributed by atoms with Crippen molar-refractivity contribution in [1.82, 2.24) is 4.90 Å². The van der Waals surface area contributed by atoms with E-state index in [9.17, 15) is 9.59 Å². The predicted octanol–water partition coefficient (Wildman–Crippen LogP) is 1.56. The molecule has 7 heteroatoms. The molecule has 0 saturated heterocycles. The number of esters is 2. The summed E-state index contributed by atoms with van der Waals surface area (Å²) in [5, 5.41) is 0. The average molecular weight is 331 g/mol. The van der Waals surface area contributed by atoms with Gasteiger partial charge >= 0.3 is 11.9 Å². The molecule has 0 spiro atoms. The molecule has 0 saturated carbocycles. The van der Waals surface area contributed by atoms with Crippen LogP contribution in [0.2, 0.25) is 0 Å². The maximum atomic E-state index is 12.2. The molecule has 0 amide bonds. The lowest BCUT2D eigenvalue weighted by atomic mass is 9.83. The average Bonchev–Trinajstić information content (AvgIpc) is 3.07. The zero-order valence-electron chi connectivity index (χ0n) is 13.6. The van der Waals surface area contributed by atoms with E-state index in [1.54, 1.807) is 42.5 Å². The highest BCUT2D eigenvalue weighted by Gasteiger charge is 2.35. The van der Waals surface area contributed by atoms with Crippen LogP contribution in [0.5, 0.6) is 11.5 Å². The molecule has 0 aliphatic carbocycles. The fourth-order valence-corrected chi connectivity index (χ4v) is 2.82. The molecule has 0 bridgehead atoms. The van der Waals surface area contributed by atoms with E-state index < -0.39 is 17.9 Å². The van der Waals surface area contributed by atoms with Gasteiger partial charge in [0.2, 0.25) is 6.79 Å². The van der Waals surface area contributed by atoms with Gasteiger partial charge in [0.25, 0.3) is 0 Å². The second-order valence-electron chi connectivity index (χ2n) is 5.36. The summed E-state index contributed by atoms with van der Waals surface area (Å²) in [6.07, 6.45) is 3.26. The van der Waals surface area contributed by atoms with E-state index in [1.165, 1.54) is 14.2 Å². The Morgan fingerprint density at radius 1 is 1.04 bits per heavy atom. The Morgan fingerprint density at radius 3 is 2.21 bits per heavy atom. The normalized spacial score (nSPS) is 16.4. The second-order valence-corrected chi connectivity index (χ2v) is 5.36. The number of nitrogens with zero attached hydrogens (tertiary/aromatic N) is 1. The van der Waals surface area contributed by atoms with Gasteiger partial charge in [-0.25, -0.2) is 9.59 Å². The van der Waals surface area contributed by atoms with Crippen molar-refractivity contribution in [2.24, 2.45) is 0 Å². The van der Waals surface area contributed by atoms with Gasteiger partial charge in [0.1, 0.15) is 0 Å². The highest BCUT2D eigenvalue weighted by Crippen LogP contribution is 2.41. The molecule has 2 aliphatic heterocycles. The van der Waals surface area contributed by atoms with Crippen molar-refractivity contribution in [1.29, 1.82) is 0 Å². The molecule has 2 aliphatic rings. The van der Waals surface area contributed by atoms with Gasteiger partial charge in [0.05, 0.1) is 31.3 Å². The maximum Gasteiger partial charge on any atom is 0.336 e. The number of carbonyl (C=O) groups excluding carboxylic acids is 2. The van der Waals surface area contributed by atoms with Gasteiger partial charge in [0, 0.05) is 19.4 Å². The van der Waals surface area contributed by atoms with Crippen molar-refractivity contribution < 1.29 is 28.5 Å². The van der Waals surface area contributed by atoms with Crippen LogP contribution in [-0.2, 0) is 19.1 Å². The van der Waals surface area contributed by atoms with Crippen molar-refractivity contribution >= 4 is 11.9 Å². The van der Waals surface area contributed by atoms with Crippen molar-refractivity contribution in [3.8, 4) is 11.5 Å². The summed E-state index contributed by atoms with van der Waals surface area (Å²) in [5.74, 6) is -0.452. The quantitative estimate of drug-likeness (QED) is 0.778. The highest BCUT2D eigenvalue weighted by molar-refractivity contribution is 5.98. The minimum Gasteiger partial charge on any atom is -0.466 e. The van der Waals surface area contributed by atoms with Crippen LogP contribution in [0.15, 0.2) is 41.7 Å². The minimum absolute atomic E-state index is 0.144. The van der Waals surface area contributed by atoms with Crippen molar-refractivity contribution in [3.05, 3.63) is 47.3 Å². The summed E-state index contributed by atoms with van der Waals surface area (Å²) < 4.78 is 20.4. The summed E-state index contributed by atoms with van der Waals surface area (Å²) in [7, 11) is 4.33. The molecule has 126 valence electrons. The first-order valence-electron chi connectivity index (χ1n) is 7.26. The summed E-state index contributed by atoms with van der Waals surface area (Å²) in [6, 6.07) is 5.29. The van der Waals surface area contributed by atoms with Crippen LogP contribution in [0, 0.1) is 0 Å². The van der Waals surface area contributed by atoms with E-state index in [-0.39, 0.29) is 6.79 Å². The fraction of sp³-hybridized carbons (Fsp3) is 0.294. The first-order valence-corrected chi connectivity index (χ1v) is 7.26. The number of carbonyl (C=O) groups is 2. The monoisotopic (exact) mass is 331 g/mol. The van der Waals surface area contributed by atoms with Crippen LogP contribution in [0.3, 0.4) is 0 Å². The third kappa shape index (κ3) is 2.68. The lowest BCUT2D eigenvalue weighted by molar-refractivity contribution is -0.137. The van der Waals surface area contributed by atoms with Gasteiger partial charge in [-0.1, -0.05) is 6.07 Å². The van der Waals surface area contributed by atoms with Crippen molar-refractivity contribution in [2.45, 2.75) is 5.92 Å². The molecule has 0 fully saturated rings. The Kier molecular flexibility index (Phi) is 4.16. The zero-order valence-corrected chi connectivity index (χ0v) is 13.6. The Bertz CT molecular complexity index is 717. The number of methoxy groups -OCH3 is 2. The van der Waals surface area contributed by atoms with Gasteiger partial charge in [-0.15, -0.1) is 0 Å². The molecule has 3 rings (SSSR count). The molecule has 7 nitrogen and oxygen atoms in total. The van der Waals surface area contributed by atoms with Crippen LogP contribution in [-0.4, -0.2) is 44.9 Å². The van der Waals surface area contributed by atoms with Gasteiger partial charge in [-0.05, 0) is 17.7 Å². The summed E-state index contributed by atoms with van der Waals surface area (Å²) in [4.78, 5) is 26.1. The Morgan fingerprint density at radius 2 is 1.62 bits per heavy atom. The maximum absolute atomic E-state index is 12.2. The van der Waals surface area contributed by atoms with Crippen LogP contribution >= 0.6 is 0 Å². The first-order chi connectivity index (χ1) is 11.5. The molecule has 0 radical (unpaired) electrons. The van der Waals surface area contributed by atoms with E-state index in [0.29, 0.717) is 28.2 Å². The molecule has 0 N–H and O–H groups in total. The Hall–Kier alpha value is -2.96. The Balaban J connectivity index is 2.10. The number of hydrogen-bond donors (Lipinski definition) is 0. The topological polar surface area (TPSA) is 74.3 Å². The van der Waals surface area contributed by atoms with Crippen molar-refractivity contribution in [2.75, 3.05) is 28.1 Å². The van der Waals surface area contributed by atoms with Gasteiger partial charge in [-0.2, -0.15) is 0 Å². The molecule has 0 unspecified atom stereocenters. The third-order valence-electron chi connectivity index (χ3n) is 3.88. The van der Waals surface area contributed by atoms with E-state index in [4.69, 9.17) is 18.9 Å². The van der Waals surface area contributed by atoms with Crippen molar-refractivity contribution in [3.63, 3.8) is 0 Å². The number of hydrogen-bond acceptors (Lipinski definition) is 7. The number of ether oxygens (including phenoxy) is 4. The molecule has 1 aromatic rings. The lowest BCUT2D eigenvalue weighted by Gasteiger charge is -2.28.